The van der Waals surface area contributed by atoms with E-state index in [1.54, 1.807) is 18.2 Å². The van der Waals surface area contributed by atoms with Crippen molar-refractivity contribution in [3.63, 3.8) is 0 Å². The number of nitrogens with two attached hydrogens (primary N) is 1. The Morgan fingerprint density at radius 2 is 1.48 bits per heavy atom. The Morgan fingerprint density at radius 1 is 0.880 bits per heavy atom. The van der Waals surface area contributed by atoms with Gasteiger partial charge in [0, 0.05) is 11.4 Å². The van der Waals surface area contributed by atoms with Crippen molar-refractivity contribution in [3.05, 3.63) is 59.2 Å². The molecule has 0 unspecified atom stereocenters. The monoisotopic (exact) mass is 339 g/mol. The molecule has 0 radical (unpaired) electrons. The molecule has 2 rings (SSSR count). The van der Waals surface area contributed by atoms with Crippen molar-refractivity contribution < 1.29 is 14.4 Å². The topological polar surface area (TPSA) is 101 Å². The van der Waals surface area contributed by atoms with Crippen LogP contribution in [0.5, 0.6) is 0 Å². The third kappa shape index (κ3) is 4.23. The standard InChI is InChI=1S/C19H21N3O3/c1-3-12-8-7-9-13(4-2)16(12)21-18(24)19(25)22-17(23)14-10-5-6-11-15(14)20/h5-11H,3-4,20H2,1-2H3,(H,21,24)(H,22,23,25). The average molecular weight is 339 g/mol. The van der Waals surface area contributed by atoms with Gasteiger partial charge in [0.2, 0.25) is 0 Å². The van der Waals surface area contributed by atoms with Crippen molar-refractivity contribution in [2.24, 2.45) is 0 Å². The van der Waals surface area contributed by atoms with Gasteiger partial charge in [-0.25, -0.2) is 0 Å². The number of imide groups is 1. The summed E-state index contributed by atoms with van der Waals surface area (Å²) in [5, 5.41) is 4.68. The highest BCUT2D eigenvalue weighted by Crippen LogP contribution is 2.22. The predicted octanol–water partition coefficient (Wildman–Crippen LogP) is 2.29. The Bertz CT molecular complexity index is 793. The van der Waals surface area contributed by atoms with Crippen LogP contribution in [0, 0.1) is 0 Å². The van der Waals surface area contributed by atoms with E-state index in [9.17, 15) is 14.4 Å². The number of carbonyl (C=O) groups excluding carboxylic acids is 3. The van der Waals surface area contributed by atoms with E-state index in [0.29, 0.717) is 18.5 Å². The molecular formula is C19H21N3O3. The molecule has 0 aliphatic heterocycles. The van der Waals surface area contributed by atoms with Gasteiger partial charge < -0.3 is 11.1 Å². The number of aryl methyl sites for hydroxylation is 2. The summed E-state index contributed by atoms with van der Waals surface area (Å²) in [5.74, 6) is -2.63. The van der Waals surface area contributed by atoms with Gasteiger partial charge in [0.05, 0.1) is 5.56 Å². The minimum Gasteiger partial charge on any atom is -0.398 e. The lowest BCUT2D eigenvalue weighted by molar-refractivity contribution is -0.135. The third-order valence-electron chi connectivity index (χ3n) is 3.88. The molecule has 0 aliphatic rings. The van der Waals surface area contributed by atoms with Crippen molar-refractivity contribution in [2.75, 3.05) is 11.1 Å². The molecule has 2 aromatic rings. The third-order valence-corrected chi connectivity index (χ3v) is 3.88. The maximum Gasteiger partial charge on any atom is 0.316 e. The smallest absolute Gasteiger partial charge is 0.316 e. The SMILES string of the molecule is CCc1cccc(CC)c1NC(=O)C(=O)NC(=O)c1ccccc1N. The van der Waals surface area contributed by atoms with Crippen LogP contribution in [0.15, 0.2) is 42.5 Å². The number of hydrogen-bond acceptors (Lipinski definition) is 4. The molecule has 3 amide bonds. The van der Waals surface area contributed by atoms with E-state index in [-0.39, 0.29) is 11.3 Å². The fourth-order valence-electron chi connectivity index (χ4n) is 2.50. The number of para-hydroxylation sites is 2. The normalized spacial score (nSPS) is 10.2. The van der Waals surface area contributed by atoms with Gasteiger partial charge in [-0.3, -0.25) is 19.7 Å². The van der Waals surface area contributed by atoms with Gasteiger partial charge in [-0.15, -0.1) is 0 Å². The largest absolute Gasteiger partial charge is 0.398 e. The van der Waals surface area contributed by atoms with E-state index >= 15 is 0 Å². The maximum absolute atomic E-state index is 12.2. The Balaban J connectivity index is 2.13. The van der Waals surface area contributed by atoms with Gasteiger partial charge in [0.25, 0.3) is 5.91 Å². The molecule has 0 fully saturated rings. The Hall–Kier alpha value is -3.15. The van der Waals surface area contributed by atoms with Gasteiger partial charge in [-0.1, -0.05) is 44.2 Å². The van der Waals surface area contributed by atoms with Crippen LogP contribution in [0.2, 0.25) is 0 Å². The molecule has 0 aromatic heterocycles. The molecule has 0 bridgehead atoms. The average Bonchev–Trinajstić information content (AvgIpc) is 2.61. The quantitative estimate of drug-likeness (QED) is 0.587. The zero-order chi connectivity index (χ0) is 18.4. The second-order valence-electron chi connectivity index (χ2n) is 5.48. The summed E-state index contributed by atoms with van der Waals surface area (Å²) in [6.07, 6.45) is 1.43. The highest BCUT2D eigenvalue weighted by atomic mass is 16.2. The lowest BCUT2D eigenvalue weighted by atomic mass is 10.0. The molecule has 130 valence electrons. The van der Waals surface area contributed by atoms with Crippen LogP contribution in [-0.2, 0) is 22.4 Å². The molecule has 0 saturated carbocycles. The van der Waals surface area contributed by atoms with E-state index in [1.807, 2.05) is 32.0 Å². The molecule has 4 N–H and O–H groups in total. The predicted molar refractivity (Wildman–Crippen MR) is 97.2 cm³/mol. The number of hydrogen-bond donors (Lipinski definition) is 3. The molecule has 2 aromatic carbocycles. The van der Waals surface area contributed by atoms with Crippen molar-refractivity contribution in [1.29, 1.82) is 0 Å². The van der Waals surface area contributed by atoms with Gasteiger partial charge in [-0.2, -0.15) is 0 Å². The first-order valence-electron chi connectivity index (χ1n) is 8.09. The highest BCUT2D eigenvalue weighted by molar-refractivity contribution is 6.42. The molecule has 0 saturated heterocycles. The van der Waals surface area contributed by atoms with Crippen molar-refractivity contribution >= 4 is 29.1 Å². The van der Waals surface area contributed by atoms with E-state index < -0.39 is 17.7 Å². The van der Waals surface area contributed by atoms with Crippen molar-refractivity contribution in [1.82, 2.24) is 5.32 Å². The van der Waals surface area contributed by atoms with Gasteiger partial charge in [-0.05, 0) is 36.1 Å². The van der Waals surface area contributed by atoms with Crippen molar-refractivity contribution in [3.8, 4) is 0 Å². The summed E-state index contributed by atoms with van der Waals surface area (Å²) in [7, 11) is 0. The zero-order valence-corrected chi connectivity index (χ0v) is 14.3. The minimum atomic E-state index is -1.03. The summed E-state index contributed by atoms with van der Waals surface area (Å²) in [6.45, 7) is 3.93. The lowest BCUT2D eigenvalue weighted by Gasteiger charge is -2.14. The van der Waals surface area contributed by atoms with Crippen LogP contribution in [0.25, 0.3) is 0 Å². The first-order valence-corrected chi connectivity index (χ1v) is 8.09. The van der Waals surface area contributed by atoms with Crippen LogP contribution in [-0.4, -0.2) is 17.7 Å². The van der Waals surface area contributed by atoms with Gasteiger partial charge in [0.15, 0.2) is 0 Å². The van der Waals surface area contributed by atoms with Crippen molar-refractivity contribution in [2.45, 2.75) is 26.7 Å². The molecule has 6 nitrogen and oxygen atoms in total. The number of carbonyl (C=O) groups is 3. The molecule has 0 aliphatic carbocycles. The fourth-order valence-corrected chi connectivity index (χ4v) is 2.50. The first-order chi connectivity index (χ1) is 12.0. The summed E-state index contributed by atoms with van der Waals surface area (Å²) in [6, 6.07) is 12.0. The summed E-state index contributed by atoms with van der Waals surface area (Å²) < 4.78 is 0. The van der Waals surface area contributed by atoms with Crippen LogP contribution in [0.1, 0.15) is 35.3 Å². The van der Waals surface area contributed by atoms with Crippen LogP contribution in [0.3, 0.4) is 0 Å². The van der Waals surface area contributed by atoms with E-state index in [4.69, 9.17) is 5.73 Å². The van der Waals surface area contributed by atoms with E-state index in [2.05, 4.69) is 10.6 Å². The summed E-state index contributed by atoms with van der Waals surface area (Å²) in [4.78, 5) is 36.3. The van der Waals surface area contributed by atoms with Crippen LogP contribution >= 0.6 is 0 Å². The Kier molecular flexibility index (Phi) is 5.89. The van der Waals surface area contributed by atoms with E-state index in [0.717, 1.165) is 11.1 Å². The first kappa shape index (κ1) is 18.2. The number of rotatable bonds is 4. The highest BCUT2D eigenvalue weighted by Gasteiger charge is 2.20. The minimum absolute atomic E-state index is 0.145. The van der Waals surface area contributed by atoms with Crippen LogP contribution in [0.4, 0.5) is 11.4 Å². The Labute approximate surface area is 146 Å². The number of benzene rings is 2. The molecule has 0 heterocycles. The number of amides is 3. The number of nitrogen functional groups attached to an aromatic ring is 1. The summed E-state index contributed by atoms with van der Waals surface area (Å²) >= 11 is 0. The molecule has 0 spiro atoms. The second-order valence-corrected chi connectivity index (χ2v) is 5.48. The Morgan fingerprint density at radius 3 is 2.04 bits per heavy atom. The molecule has 6 heteroatoms. The molecular weight excluding hydrogens is 318 g/mol. The fraction of sp³-hybridized carbons (Fsp3) is 0.211. The summed E-state index contributed by atoms with van der Waals surface area (Å²) in [5.41, 5.74) is 8.56. The van der Waals surface area contributed by atoms with E-state index in [1.165, 1.54) is 6.07 Å². The second kappa shape index (κ2) is 8.10. The van der Waals surface area contributed by atoms with Gasteiger partial charge in [0.1, 0.15) is 0 Å². The number of anilines is 2. The van der Waals surface area contributed by atoms with Gasteiger partial charge >= 0.3 is 11.8 Å². The number of nitrogens with one attached hydrogen (secondary N) is 2. The maximum atomic E-state index is 12.2. The molecule has 0 atom stereocenters. The molecule has 25 heavy (non-hydrogen) atoms. The van der Waals surface area contributed by atoms with Crippen LogP contribution < -0.4 is 16.4 Å². The lowest BCUT2D eigenvalue weighted by Crippen LogP contribution is -2.39. The zero-order valence-electron chi connectivity index (χ0n) is 14.3.